The number of hydrogen-bond acceptors (Lipinski definition) is 2. The van der Waals surface area contributed by atoms with Crippen LogP contribution in [-0.4, -0.2) is 43.8 Å². The highest BCUT2D eigenvalue weighted by Crippen LogP contribution is 2.32. The molecule has 2 fully saturated rings. The standard InChI is InChI=1S/C15H24N2O2/c18-15(16-7-8-19-11-12-5-6-12)17-9-13-3-1-2-4-14(13)10-17/h1-2,12-14H,3-11H2,(H,16,18)/t13-,14+. The number of rotatable bonds is 5. The van der Waals surface area contributed by atoms with Crippen molar-refractivity contribution in [2.75, 3.05) is 32.8 Å². The van der Waals surface area contributed by atoms with Crippen molar-refractivity contribution < 1.29 is 9.53 Å². The second-order valence-corrected chi connectivity index (χ2v) is 6.12. The molecule has 106 valence electrons. The van der Waals surface area contributed by atoms with Crippen molar-refractivity contribution in [3.63, 3.8) is 0 Å². The van der Waals surface area contributed by atoms with Crippen molar-refractivity contribution in [2.45, 2.75) is 25.7 Å². The van der Waals surface area contributed by atoms with Gasteiger partial charge in [0.05, 0.1) is 6.61 Å². The number of amides is 2. The van der Waals surface area contributed by atoms with Crippen LogP contribution in [0.1, 0.15) is 25.7 Å². The van der Waals surface area contributed by atoms with Crippen LogP contribution in [0.25, 0.3) is 0 Å². The molecule has 0 aromatic heterocycles. The summed E-state index contributed by atoms with van der Waals surface area (Å²) in [4.78, 5) is 14.0. The Hall–Kier alpha value is -1.03. The van der Waals surface area contributed by atoms with Gasteiger partial charge in [-0.2, -0.15) is 0 Å². The molecule has 0 radical (unpaired) electrons. The molecule has 3 rings (SSSR count). The summed E-state index contributed by atoms with van der Waals surface area (Å²) in [5.41, 5.74) is 0. The predicted octanol–water partition coefficient (Wildman–Crippen LogP) is 2.02. The van der Waals surface area contributed by atoms with Crippen LogP contribution < -0.4 is 5.32 Å². The lowest BCUT2D eigenvalue weighted by Crippen LogP contribution is -2.40. The summed E-state index contributed by atoms with van der Waals surface area (Å²) in [7, 11) is 0. The molecule has 1 N–H and O–H groups in total. The Bertz CT molecular complexity index is 336. The minimum Gasteiger partial charge on any atom is -0.379 e. The van der Waals surface area contributed by atoms with Crippen molar-refractivity contribution in [3.8, 4) is 0 Å². The molecule has 4 nitrogen and oxygen atoms in total. The SMILES string of the molecule is O=C(NCCOCC1CC1)N1C[C@H]2CC=CC[C@H]2C1. The van der Waals surface area contributed by atoms with E-state index in [1.807, 2.05) is 4.90 Å². The average molecular weight is 264 g/mol. The summed E-state index contributed by atoms with van der Waals surface area (Å²) in [6.07, 6.45) is 9.42. The summed E-state index contributed by atoms with van der Waals surface area (Å²) < 4.78 is 5.52. The minimum absolute atomic E-state index is 0.0874. The van der Waals surface area contributed by atoms with Gasteiger partial charge in [-0.05, 0) is 43.4 Å². The molecule has 1 aliphatic heterocycles. The molecule has 19 heavy (non-hydrogen) atoms. The molecule has 4 heteroatoms. The predicted molar refractivity (Wildman–Crippen MR) is 73.9 cm³/mol. The molecule has 3 aliphatic rings. The van der Waals surface area contributed by atoms with Crippen LogP contribution >= 0.6 is 0 Å². The van der Waals surface area contributed by atoms with Gasteiger partial charge in [0, 0.05) is 26.2 Å². The molecule has 0 aromatic carbocycles. The molecule has 0 spiro atoms. The normalized spacial score (nSPS) is 29.4. The first-order valence-corrected chi connectivity index (χ1v) is 7.58. The third-order valence-electron chi connectivity index (χ3n) is 4.48. The largest absolute Gasteiger partial charge is 0.379 e. The molecule has 0 unspecified atom stereocenters. The second-order valence-electron chi connectivity index (χ2n) is 6.12. The highest BCUT2D eigenvalue weighted by molar-refractivity contribution is 5.74. The Labute approximate surface area is 115 Å². The third-order valence-corrected chi connectivity index (χ3v) is 4.48. The number of nitrogens with zero attached hydrogens (tertiary/aromatic N) is 1. The molecule has 0 aromatic rings. The quantitative estimate of drug-likeness (QED) is 0.610. The van der Waals surface area contributed by atoms with E-state index < -0.39 is 0 Å². The van der Waals surface area contributed by atoms with Crippen molar-refractivity contribution in [1.29, 1.82) is 0 Å². The summed E-state index contributed by atoms with van der Waals surface area (Å²) in [6, 6.07) is 0.0874. The first-order valence-electron chi connectivity index (χ1n) is 7.58. The molecule has 1 heterocycles. The molecule has 2 aliphatic carbocycles. The minimum atomic E-state index is 0.0874. The number of carbonyl (C=O) groups is 1. The number of allylic oxidation sites excluding steroid dienone is 2. The number of fused-ring (bicyclic) bond motifs is 1. The Morgan fingerprint density at radius 1 is 1.21 bits per heavy atom. The highest BCUT2D eigenvalue weighted by atomic mass is 16.5. The summed E-state index contributed by atoms with van der Waals surface area (Å²) in [6.45, 7) is 3.99. The molecule has 1 saturated carbocycles. The van der Waals surface area contributed by atoms with Gasteiger partial charge < -0.3 is 15.0 Å². The Balaban J connectivity index is 1.32. The van der Waals surface area contributed by atoms with Gasteiger partial charge in [0.15, 0.2) is 0 Å². The molecule has 1 saturated heterocycles. The number of ether oxygens (including phenoxy) is 1. The van der Waals surface area contributed by atoms with Crippen LogP contribution in [0.5, 0.6) is 0 Å². The maximum absolute atomic E-state index is 12.0. The van der Waals surface area contributed by atoms with E-state index in [9.17, 15) is 4.79 Å². The fraction of sp³-hybridized carbons (Fsp3) is 0.800. The van der Waals surface area contributed by atoms with Crippen LogP contribution in [0.15, 0.2) is 12.2 Å². The first-order chi connectivity index (χ1) is 9.33. The summed E-state index contributed by atoms with van der Waals surface area (Å²) >= 11 is 0. The zero-order valence-corrected chi connectivity index (χ0v) is 11.5. The number of hydrogen-bond donors (Lipinski definition) is 1. The van der Waals surface area contributed by atoms with Crippen LogP contribution in [0.4, 0.5) is 4.79 Å². The van der Waals surface area contributed by atoms with E-state index in [0.717, 1.165) is 38.5 Å². The van der Waals surface area contributed by atoms with Crippen molar-refractivity contribution in [3.05, 3.63) is 12.2 Å². The van der Waals surface area contributed by atoms with Gasteiger partial charge in [0.2, 0.25) is 0 Å². The number of carbonyl (C=O) groups excluding carboxylic acids is 1. The lowest BCUT2D eigenvalue weighted by molar-refractivity contribution is 0.125. The molecule has 2 atom stereocenters. The van der Waals surface area contributed by atoms with E-state index in [1.165, 1.54) is 12.8 Å². The monoisotopic (exact) mass is 264 g/mol. The smallest absolute Gasteiger partial charge is 0.317 e. The van der Waals surface area contributed by atoms with Crippen molar-refractivity contribution in [1.82, 2.24) is 10.2 Å². The van der Waals surface area contributed by atoms with Gasteiger partial charge in [0.25, 0.3) is 0 Å². The fourth-order valence-corrected chi connectivity index (χ4v) is 3.06. The van der Waals surface area contributed by atoms with Crippen molar-refractivity contribution in [2.24, 2.45) is 17.8 Å². The van der Waals surface area contributed by atoms with Gasteiger partial charge in [-0.15, -0.1) is 0 Å². The summed E-state index contributed by atoms with van der Waals surface area (Å²) in [5, 5.41) is 2.97. The lowest BCUT2D eigenvalue weighted by Gasteiger charge is -2.17. The molecule has 2 amide bonds. The topological polar surface area (TPSA) is 41.6 Å². The van der Waals surface area contributed by atoms with Gasteiger partial charge >= 0.3 is 6.03 Å². The Morgan fingerprint density at radius 2 is 1.89 bits per heavy atom. The zero-order chi connectivity index (χ0) is 13.1. The Kier molecular flexibility index (Phi) is 4.06. The second kappa shape index (κ2) is 5.95. The Morgan fingerprint density at radius 3 is 2.53 bits per heavy atom. The first kappa shape index (κ1) is 13.0. The molecular weight excluding hydrogens is 240 g/mol. The van der Waals surface area contributed by atoms with E-state index in [0.29, 0.717) is 25.0 Å². The zero-order valence-electron chi connectivity index (χ0n) is 11.5. The van der Waals surface area contributed by atoms with Crippen LogP contribution in [0.2, 0.25) is 0 Å². The fourth-order valence-electron chi connectivity index (χ4n) is 3.06. The maximum atomic E-state index is 12.0. The van der Waals surface area contributed by atoms with E-state index in [2.05, 4.69) is 17.5 Å². The van der Waals surface area contributed by atoms with E-state index in [4.69, 9.17) is 4.74 Å². The van der Waals surface area contributed by atoms with Crippen molar-refractivity contribution >= 4 is 6.03 Å². The average Bonchev–Trinajstić information content (AvgIpc) is 3.14. The summed E-state index contributed by atoms with van der Waals surface area (Å²) in [5.74, 6) is 2.16. The van der Waals surface area contributed by atoms with Gasteiger partial charge in [-0.25, -0.2) is 4.79 Å². The van der Waals surface area contributed by atoms with Gasteiger partial charge in [-0.3, -0.25) is 0 Å². The highest BCUT2D eigenvalue weighted by Gasteiger charge is 2.34. The number of likely N-dealkylation sites (tertiary alicyclic amines) is 1. The third kappa shape index (κ3) is 3.50. The molecule has 0 bridgehead atoms. The van der Waals surface area contributed by atoms with E-state index in [1.54, 1.807) is 0 Å². The van der Waals surface area contributed by atoms with Gasteiger partial charge in [-0.1, -0.05) is 12.2 Å². The number of urea groups is 1. The van der Waals surface area contributed by atoms with Crippen LogP contribution in [0.3, 0.4) is 0 Å². The molecular formula is C15H24N2O2. The van der Waals surface area contributed by atoms with E-state index >= 15 is 0 Å². The van der Waals surface area contributed by atoms with Crippen LogP contribution in [-0.2, 0) is 4.74 Å². The number of nitrogens with one attached hydrogen (secondary N) is 1. The van der Waals surface area contributed by atoms with Gasteiger partial charge in [0.1, 0.15) is 0 Å². The lowest BCUT2D eigenvalue weighted by atomic mass is 9.86. The van der Waals surface area contributed by atoms with Crippen LogP contribution in [0, 0.1) is 17.8 Å². The maximum Gasteiger partial charge on any atom is 0.317 e. The van der Waals surface area contributed by atoms with E-state index in [-0.39, 0.29) is 6.03 Å².